The number of hydrogen-bond acceptors (Lipinski definition) is 4. The van der Waals surface area contributed by atoms with Gasteiger partial charge in [-0.05, 0) is 49.4 Å². The van der Waals surface area contributed by atoms with E-state index in [0.29, 0.717) is 17.0 Å². The zero-order valence-electron chi connectivity index (χ0n) is 17.4. The first-order chi connectivity index (χ1) is 15.6. The van der Waals surface area contributed by atoms with Gasteiger partial charge in [0.15, 0.2) is 5.78 Å². The highest BCUT2D eigenvalue weighted by Gasteiger charge is 2.36. The van der Waals surface area contributed by atoms with Gasteiger partial charge in [-0.1, -0.05) is 42.5 Å². The molecule has 0 spiro atoms. The summed E-state index contributed by atoms with van der Waals surface area (Å²) in [6, 6.07) is 19.2. The molecule has 1 aliphatic heterocycles. The molecule has 158 valence electrons. The number of hydrogen-bond donors (Lipinski definition) is 1. The number of allylic oxidation sites excluding steroid dienone is 1. The number of nitrogens with one attached hydrogen (secondary N) is 1. The molecule has 2 aliphatic rings. The first-order valence-corrected chi connectivity index (χ1v) is 10.7. The Balaban J connectivity index is 1.68. The number of nitriles is 1. The van der Waals surface area contributed by atoms with Crippen LogP contribution < -0.4 is 4.90 Å². The molecule has 0 saturated carbocycles. The summed E-state index contributed by atoms with van der Waals surface area (Å²) in [5.74, 6) is -0.589. The molecule has 5 nitrogen and oxygen atoms in total. The monoisotopic (exact) mass is 424 g/mol. The number of anilines is 1. The number of aryl methyl sites for hydroxylation is 1. The van der Waals surface area contributed by atoms with Crippen molar-refractivity contribution in [1.29, 1.82) is 10.7 Å². The highest BCUT2D eigenvalue weighted by Crippen LogP contribution is 2.39. The SMILES string of the molecule is N#CC1=C(N(CC(=O)c2ccccc2)c2ccccc2F)c2cc3c(n2C1=N)CCCC3. The number of benzene rings is 2. The fourth-order valence-corrected chi connectivity index (χ4v) is 4.67. The molecule has 0 saturated heterocycles. The molecule has 0 radical (unpaired) electrons. The van der Waals surface area contributed by atoms with Gasteiger partial charge < -0.3 is 4.90 Å². The normalized spacial score (nSPS) is 14.7. The minimum atomic E-state index is -0.487. The molecular weight excluding hydrogens is 403 g/mol. The van der Waals surface area contributed by atoms with Crippen molar-refractivity contribution in [2.24, 2.45) is 0 Å². The lowest BCUT2D eigenvalue weighted by Gasteiger charge is -2.26. The lowest BCUT2D eigenvalue weighted by molar-refractivity contribution is 0.100. The molecule has 0 bridgehead atoms. The standard InChI is InChI=1S/C26H21FN4O/c27-20-11-5-7-13-22(20)30(16-24(32)17-8-2-1-3-9-17)25-19(15-28)26(29)31-21-12-6-4-10-18(21)14-23(25)31/h1-3,5,7-9,11,13-14,29H,4,6,10,12,16H2. The number of halogens is 1. The van der Waals surface area contributed by atoms with Gasteiger partial charge in [-0.3, -0.25) is 14.8 Å². The van der Waals surface area contributed by atoms with Gasteiger partial charge in [0.1, 0.15) is 23.3 Å². The summed E-state index contributed by atoms with van der Waals surface area (Å²) in [6.07, 6.45) is 3.87. The number of Topliss-reactive ketones (excluding diaryl/α,β-unsaturated/α-hetero) is 1. The number of nitrogens with zero attached hydrogens (tertiary/aromatic N) is 3. The number of rotatable bonds is 5. The van der Waals surface area contributed by atoms with Crippen molar-refractivity contribution in [3.05, 3.63) is 94.6 Å². The third-order valence-electron chi connectivity index (χ3n) is 6.16. The van der Waals surface area contributed by atoms with E-state index in [4.69, 9.17) is 5.41 Å². The highest BCUT2D eigenvalue weighted by atomic mass is 19.1. The predicted octanol–water partition coefficient (Wildman–Crippen LogP) is 4.97. The van der Waals surface area contributed by atoms with Gasteiger partial charge in [0.25, 0.3) is 0 Å². The first kappa shape index (κ1) is 20.0. The van der Waals surface area contributed by atoms with E-state index in [1.807, 2.05) is 16.7 Å². The number of para-hydroxylation sites is 1. The summed E-state index contributed by atoms with van der Waals surface area (Å²) >= 11 is 0. The lowest BCUT2D eigenvalue weighted by atomic mass is 9.97. The summed E-state index contributed by atoms with van der Waals surface area (Å²) in [5, 5.41) is 18.7. The van der Waals surface area contributed by atoms with Crippen LogP contribution in [0.25, 0.3) is 5.70 Å². The number of fused-ring (bicyclic) bond motifs is 3. The molecule has 1 aliphatic carbocycles. The van der Waals surface area contributed by atoms with E-state index in [1.165, 1.54) is 6.07 Å². The molecule has 3 aromatic rings. The molecule has 32 heavy (non-hydrogen) atoms. The summed E-state index contributed by atoms with van der Waals surface area (Å²) < 4.78 is 16.8. The maximum Gasteiger partial charge on any atom is 0.182 e. The number of ketones is 1. The lowest BCUT2D eigenvalue weighted by Crippen LogP contribution is -2.29. The van der Waals surface area contributed by atoms with E-state index >= 15 is 0 Å². The van der Waals surface area contributed by atoms with Gasteiger partial charge in [-0.25, -0.2) is 4.39 Å². The van der Waals surface area contributed by atoms with Gasteiger partial charge in [-0.15, -0.1) is 0 Å². The van der Waals surface area contributed by atoms with Crippen molar-refractivity contribution >= 4 is 23.0 Å². The molecule has 0 amide bonds. The van der Waals surface area contributed by atoms with Crippen molar-refractivity contribution in [2.45, 2.75) is 25.7 Å². The number of carbonyl (C=O) groups excluding carboxylic acids is 1. The Morgan fingerprint density at radius 1 is 1.09 bits per heavy atom. The Morgan fingerprint density at radius 3 is 2.56 bits per heavy atom. The quantitative estimate of drug-likeness (QED) is 0.588. The van der Waals surface area contributed by atoms with Crippen molar-refractivity contribution in [1.82, 2.24) is 4.57 Å². The van der Waals surface area contributed by atoms with Crippen LogP contribution in [0.15, 0.2) is 66.2 Å². The fraction of sp³-hybridized carbons (Fsp3) is 0.192. The van der Waals surface area contributed by atoms with E-state index in [-0.39, 0.29) is 29.4 Å². The Hall–Kier alpha value is -3.98. The van der Waals surface area contributed by atoms with Gasteiger partial charge >= 0.3 is 0 Å². The fourth-order valence-electron chi connectivity index (χ4n) is 4.67. The molecule has 2 heterocycles. The minimum Gasteiger partial charge on any atom is -0.328 e. The third-order valence-corrected chi connectivity index (χ3v) is 6.16. The third kappa shape index (κ3) is 3.14. The number of aromatic nitrogens is 1. The van der Waals surface area contributed by atoms with Crippen molar-refractivity contribution < 1.29 is 9.18 Å². The van der Waals surface area contributed by atoms with Crippen LogP contribution >= 0.6 is 0 Å². The molecule has 0 unspecified atom stereocenters. The van der Waals surface area contributed by atoms with Crippen molar-refractivity contribution in [3.63, 3.8) is 0 Å². The van der Waals surface area contributed by atoms with Crippen LogP contribution in [-0.2, 0) is 12.8 Å². The summed E-state index contributed by atoms with van der Waals surface area (Å²) in [5.41, 5.74) is 4.17. The molecule has 2 aromatic carbocycles. The van der Waals surface area contributed by atoms with Gasteiger partial charge in [-0.2, -0.15) is 5.26 Å². The largest absolute Gasteiger partial charge is 0.328 e. The van der Waals surface area contributed by atoms with Crippen LogP contribution in [0.1, 0.15) is 40.2 Å². The van der Waals surface area contributed by atoms with Crippen LogP contribution in [0, 0.1) is 22.6 Å². The summed E-state index contributed by atoms with van der Waals surface area (Å²) in [7, 11) is 0. The molecule has 5 rings (SSSR count). The molecule has 6 heteroatoms. The highest BCUT2D eigenvalue weighted by molar-refractivity contribution is 6.16. The Kier molecular flexibility index (Phi) is 4.95. The van der Waals surface area contributed by atoms with E-state index in [0.717, 1.165) is 36.9 Å². The topological polar surface area (TPSA) is 72.9 Å². The van der Waals surface area contributed by atoms with Crippen LogP contribution in [0.3, 0.4) is 0 Å². The van der Waals surface area contributed by atoms with Crippen LogP contribution in [0.2, 0.25) is 0 Å². The van der Waals surface area contributed by atoms with Crippen LogP contribution in [0.5, 0.6) is 0 Å². The zero-order valence-corrected chi connectivity index (χ0v) is 17.4. The Morgan fingerprint density at radius 2 is 1.81 bits per heavy atom. The first-order valence-electron chi connectivity index (χ1n) is 10.7. The zero-order chi connectivity index (χ0) is 22.2. The second-order valence-corrected chi connectivity index (χ2v) is 8.05. The average Bonchev–Trinajstić information content (AvgIpc) is 3.33. The Labute approximate surface area is 185 Å². The van der Waals surface area contributed by atoms with Crippen molar-refractivity contribution in [2.75, 3.05) is 11.4 Å². The maximum atomic E-state index is 15.0. The van der Waals surface area contributed by atoms with Crippen LogP contribution in [0.4, 0.5) is 10.1 Å². The van der Waals surface area contributed by atoms with Gasteiger partial charge in [0.2, 0.25) is 0 Å². The van der Waals surface area contributed by atoms with E-state index in [9.17, 15) is 14.4 Å². The summed E-state index contributed by atoms with van der Waals surface area (Å²) in [4.78, 5) is 14.7. The van der Waals surface area contributed by atoms with Crippen LogP contribution in [-0.4, -0.2) is 22.7 Å². The predicted molar refractivity (Wildman–Crippen MR) is 121 cm³/mol. The summed E-state index contributed by atoms with van der Waals surface area (Å²) in [6.45, 7) is -0.144. The minimum absolute atomic E-state index is 0.0918. The maximum absolute atomic E-state index is 15.0. The van der Waals surface area contributed by atoms with Gasteiger partial charge in [0, 0.05) is 11.3 Å². The molecule has 0 atom stereocenters. The Bertz CT molecular complexity index is 1310. The molecule has 0 fully saturated rings. The smallest absolute Gasteiger partial charge is 0.182 e. The second kappa shape index (κ2) is 7.93. The van der Waals surface area contributed by atoms with E-state index < -0.39 is 5.82 Å². The van der Waals surface area contributed by atoms with Gasteiger partial charge in [0.05, 0.1) is 23.6 Å². The van der Waals surface area contributed by atoms with E-state index in [1.54, 1.807) is 47.4 Å². The molecule has 1 N–H and O–H groups in total. The number of carbonyl (C=O) groups is 1. The average molecular weight is 424 g/mol. The van der Waals surface area contributed by atoms with Crippen molar-refractivity contribution in [3.8, 4) is 6.07 Å². The second-order valence-electron chi connectivity index (χ2n) is 8.05. The molecular formula is C26H21FN4O. The van der Waals surface area contributed by atoms with E-state index in [2.05, 4.69) is 6.07 Å². The molecule has 1 aromatic heterocycles.